The van der Waals surface area contributed by atoms with E-state index < -0.39 is 29.0 Å². The number of fused-ring (bicyclic) bond motifs is 5. The van der Waals surface area contributed by atoms with Gasteiger partial charge in [-0.1, -0.05) is 59.5 Å². The number of hydrogen-bond acceptors (Lipinski definition) is 7. The van der Waals surface area contributed by atoms with Gasteiger partial charge in [0.2, 0.25) is 0 Å². The van der Waals surface area contributed by atoms with Crippen molar-refractivity contribution in [3.8, 4) is 11.4 Å². The summed E-state index contributed by atoms with van der Waals surface area (Å²) in [4.78, 5) is 37.9. The molecule has 0 amide bonds. The third kappa shape index (κ3) is 2.45. The number of thiazole rings is 1. The molecule has 6 nitrogen and oxygen atoms in total. The van der Waals surface area contributed by atoms with Gasteiger partial charge in [0.15, 0.2) is 0 Å². The first-order chi connectivity index (χ1) is 13.6. The Morgan fingerprint density at radius 3 is 2.50 bits per heavy atom. The summed E-state index contributed by atoms with van der Waals surface area (Å²) in [6.07, 6.45) is 0. The number of nitrogens with zero attached hydrogens (tertiary/aromatic N) is 1. The second kappa shape index (κ2) is 6.35. The van der Waals surface area contributed by atoms with Gasteiger partial charge in [-0.3, -0.25) is 14.2 Å². The lowest BCUT2D eigenvalue weighted by atomic mass is 9.80. The Hall–Kier alpha value is -2.84. The van der Waals surface area contributed by atoms with Crippen molar-refractivity contribution in [3.63, 3.8) is 0 Å². The summed E-state index contributed by atoms with van der Waals surface area (Å²) < 4.78 is 6.91. The van der Waals surface area contributed by atoms with E-state index in [1.807, 2.05) is 30.3 Å². The zero-order valence-electron chi connectivity index (χ0n) is 14.2. The molecule has 5 rings (SSSR count). The molecule has 0 bridgehead atoms. The average molecular weight is 410 g/mol. The van der Waals surface area contributed by atoms with Crippen LogP contribution in [-0.4, -0.2) is 21.8 Å². The van der Waals surface area contributed by atoms with Crippen LogP contribution in [0.2, 0.25) is 0 Å². The summed E-state index contributed by atoms with van der Waals surface area (Å²) in [5.74, 6) is -3.06. The maximum Gasteiger partial charge on any atom is 0.316 e. The minimum Gasteiger partial charge on any atom is -0.549 e. The highest BCUT2D eigenvalue weighted by molar-refractivity contribution is 8.00. The van der Waals surface area contributed by atoms with Gasteiger partial charge in [-0.2, -0.15) is 0 Å². The predicted molar refractivity (Wildman–Crippen MR) is 102 cm³/mol. The molecule has 0 saturated heterocycles. The molecule has 2 aliphatic heterocycles. The number of ether oxygens (including phenoxy) is 1. The molecule has 3 aromatic rings. The summed E-state index contributed by atoms with van der Waals surface area (Å²) >= 11 is 2.02. The van der Waals surface area contributed by atoms with Crippen molar-refractivity contribution in [1.29, 1.82) is 0 Å². The molecule has 28 heavy (non-hydrogen) atoms. The number of benzene rings is 2. The van der Waals surface area contributed by atoms with Gasteiger partial charge in [0.25, 0.3) is 0 Å². The first-order valence-corrected chi connectivity index (χ1v) is 10.2. The Balaban J connectivity index is 1.79. The van der Waals surface area contributed by atoms with Gasteiger partial charge < -0.3 is 14.6 Å². The number of aliphatic carboxylic acids is 1. The first-order valence-electron chi connectivity index (χ1n) is 8.55. The molecule has 3 atom stereocenters. The van der Waals surface area contributed by atoms with Gasteiger partial charge in [-0.05, 0) is 18.2 Å². The van der Waals surface area contributed by atoms with E-state index in [-0.39, 0.29) is 4.87 Å². The van der Waals surface area contributed by atoms with E-state index in [2.05, 4.69) is 0 Å². The molecule has 0 spiro atoms. The number of carboxylic acids is 1. The first kappa shape index (κ1) is 17.3. The molecule has 0 fully saturated rings. The van der Waals surface area contributed by atoms with Crippen LogP contribution in [0, 0.1) is 5.92 Å². The normalized spacial score (nSPS) is 22.6. The second-order valence-corrected chi connectivity index (χ2v) is 8.65. The third-order valence-corrected chi connectivity index (χ3v) is 7.50. The van der Waals surface area contributed by atoms with Crippen LogP contribution >= 0.6 is 23.1 Å². The summed E-state index contributed by atoms with van der Waals surface area (Å²) in [5.41, 5.74) is 1.36. The number of carbonyl (C=O) groups is 2. The molecule has 3 heterocycles. The summed E-state index contributed by atoms with van der Waals surface area (Å²) in [6, 6.07) is 16.1. The highest BCUT2D eigenvalue weighted by Gasteiger charge is 2.50. The van der Waals surface area contributed by atoms with E-state index >= 15 is 0 Å². The Labute approximate surface area is 167 Å². The average Bonchev–Trinajstić information content (AvgIpc) is 3.03. The van der Waals surface area contributed by atoms with Crippen molar-refractivity contribution in [2.75, 3.05) is 0 Å². The molecule has 3 unspecified atom stereocenters. The molecule has 8 heteroatoms. The van der Waals surface area contributed by atoms with Crippen molar-refractivity contribution in [1.82, 2.24) is 4.57 Å². The van der Waals surface area contributed by atoms with Crippen LogP contribution in [0.25, 0.3) is 5.69 Å². The fraction of sp³-hybridized carbons (Fsp3) is 0.150. The maximum absolute atomic E-state index is 12.8. The molecule has 2 aromatic carbocycles. The number of thioether (sulfide) groups is 1. The molecule has 0 saturated carbocycles. The summed E-state index contributed by atoms with van der Waals surface area (Å²) in [7, 11) is 0. The molecule has 0 aliphatic carbocycles. The van der Waals surface area contributed by atoms with Gasteiger partial charge in [0, 0.05) is 16.4 Å². The van der Waals surface area contributed by atoms with Crippen LogP contribution < -0.4 is 14.7 Å². The van der Waals surface area contributed by atoms with Crippen LogP contribution in [0.4, 0.5) is 0 Å². The second-order valence-electron chi connectivity index (χ2n) is 6.53. The lowest BCUT2D eigenvalue weighted by Crippen LogP contribution is -2.48. The number of rotatable bonds is 2. The van der Waals surface area contributed by atoms with E-state index in [4.69, 9.17) is 4.74 Å². The largest absolute Gasteiger partial charge is 0.549 e. The van der Waals surface area contributed by atoms with Gasteiger partial charge in [-0.15, -0.1) is 0 Å². The van der Waals surface area contributed by atoms with E-state index in [0.29, 0.717) is 26.9 Å². The molecular weight excluding hydrogens is 398 g/mol. The summed E-state index contributed by atoms with van der Waals surface area (Å²) in [5, 5.41) is 11.3. The topological polar surface area (TPSA) is 88.4 Å². The quantitative estimate of drug-likeness (QED) is 0.473. The fourth-order valence-electron chi connectivity index (χ4n) is 3.81. The fourth-order valence-corrected chi connectivity index (χ4v) is 6.48. The van der Waals surface area contributed by atoms with Gasteiger partial charge in [0.05, 0.1) is 27.9 Å². The highest BCUT2D eigenvalue weighted by Crippen LogP contribution is 2.54. The summed E-state index contributed by atoms with van der Waals surface area (Å²) in [6.45, 7) is 0. The van der Waals surface area contributed by atoms with Crippen LogP contribution in [0.3, 0.4) is 0 Å². The number of carboxylic acid groups (broad SMARTS) is 1. The van der Waals surface area contributed by atoms with Gasteiger partial charge in [0.1, 0.15) is 5.75 Å². The van der Waals surface area contributed by atoms with Gasteiger partial charge >= 0.3 is 10.8 Å². The van der Waals surface area contributed by atoms with Crippen LogP contribution in [0.1, 0.15) is 16.4 Å². The van der Waals surface area contributed by atoms with Crippen molar-refractivity contribution in [3.05, 3.63) is 74.7 Å². The number of para-hydroxylation sites is 2. The Bertz CT molecular complexity index is 1170. The molecule has 1 aromatic heterocycles. The lowest BCUT2D eigenvalue weighted by Gasteiger charge is -2.39. The molecule has 2 aliphatic rings. The number of esters is 1. The molecule has 0 N–H and O–H groups in total. The standard InChI is InChI=1S/C20H13NO5S2/c22-18(23)16-14-13(11-8-4-5-9-12(11)26-19(14)24)15-17(27-16)21(20(25)28-15)10-6-2-1-3-7-10/h1-9,13-14,16H,(H,22,23)/p-1. The maximum atomic E-state index is 12.8. The molecule has 140 valence electrons. The van der Waals surface area contributed by atoms with Crippen molar-refractivity contribution in [2.45, 2.75) is 16.2 Å². The van der Waals surface area contributed by atoms with Crippen molar-refractivity contribution < 1.29 is 19.4 Å². The van der Waals surface area contributed by atoms with E-state index in [1.165, 1.54) is 4.57 Å². The van der Waals surface area contributed by atoms with Crippen LogP contribution in [-0.2, 0) is 9.59 Å². The van der Waals surface area contributed by atoms with E-state index in [0.717, 1.165) is 23.1 Å². The monoisotopic (exact) mass is 410 g/mol. The number of hydrogen-bond donors (Lipinski definition) is 0. The van der Waals surface area contributed by atoms with Crippen molar-refractivity contribution in [2.24, 2.45) is 5.92 Å². The Kier molecular flexibility index (Phi) is 3.92. The SMILES string of the molecule is O=C([O-])C1Sc2c(sc(=O)n2-c2ccccc2)C2c3ccccc3OC(=O)C12. The van der Waals surface area contributed by atoms with Crippen LogP contribution in [0.15, 0.2) is 64.4 Å². The zero-order chi connectivity index (χ0) is 19.4. The molecule has 0 radical (unpaired) electrons. The third-order valence-electron chi connectivity index (χ3n) is 4.98. The molecular formula is C20H12NO5S2-. The smallest absolute Gasteiger partial charge is 0.316 e. The Morgan fingerprint density at radius 1 is 1.04 bits per heavy atom. The Morgan fingerprint density at radius 2 is 1.75 bits per heavy atom. The number of aromatic nitrogens is 1. The van der Waals surface area contributed by atoms with E-state index in [1.54, 1.807) is 24.3 Å². The minimum absolute atomic E-state index is 0.224. The number of carbonyl (C=O) groups excluding carboxylic acids is 2. The lowest BCUT2D eigenvalue weighted by molar-refractivity contribution is -0.306. The zero-order valence-corrected chi connectivity index (χ0v) is 15.9. The highest BCUT2D eigenvalue weighted by atomic mass is 32.2. The van der Waals surface area contributed by atoms with E-state index in [9.17, 15) is 19.5 Å². The predicted octanol–water partition coefficient (Wildman–Crippen LogP) is 1.79. The minimum atomic E-state index is -1.35. The van der Waals surface area contributed by atoms with Gasteiger partial charge in [-0.25, -0.2) is 0 Å². The van der Waals surface area contributed by atoms with Crippen molar-refractivity contribution >= 4 is 35.0 Å². The van der Waals surface area contributed by atoms with Crippen LogP contribution in [0.5, 0.6) is 5.75 Å².